The van der Waals surface area contributed by atoms with Crippen molar-refractivity contribution in [1.82, 2.24) is 10.1 Å². The van der Waals surface area contributed by atoms with E-state index in [1.807, 2.05) is 0 Å². The number of alkyl halides is 3. The summed E-state index contributed by atoms with van der Waals surface area (Å²) in [5.41, 5.74) is 5.02. The number of hydrogen-bond donors (Lipinski definition) is 1. The van der Waals surface area contributed by atoms with E-state index in [1.54, 1.807) is 13.8 Å². The largest absolute Gasteiger partial charge is 0.389 e. The van der Waals surface area contributed by atoms with Crippen LogP contribution in [-0.4, -0.2) is 22.9 Å². The second-order valence-corrected chi connectivity index (χ2v) is 4.50. The van der Waals surface area contributed by atoms with Gasteiger partial charge in [-0.15, -0.1) is 0 Å². The standard InChI is InChI=1S/C10H16F3N3O2/c1-9(2,14)8-15-7(18-16-8)6-17-5-3-4-10(11,12)13/h3-6,14H2,1-2H3. The van der Waals surface area contributed by atoms with Gasteiger partial charge in [0.2, 0.25) is 0 Å². The molecule has 5 nitrogen and oxygen atoms in total. The minimum atomic E-state index is -4.15. The van der Waals surface area contributed by atoms with Gasteiger partial charge in [-0.1, -0.05) is 5.16 Å². The molecular formula is C10H16F3N3O2. The van der Waals surface area contributed by atoms with Gasteiger partial charge in [-0.05, 0) is 20.3 Å². The van der Waals surface area contributed by atoms with Gasteiger partial charge in [0.25, 0.3) is 5.89 Å². The lowest BCUT2D eigenvalue weighted by Crippen LogP contribution is -2.30. The van der Waals surface area contributed by atoms with Crippen molar-refractivity contribution >= 4 is 0 Å². The molecule has 0 saturated carbocycles. The molecule has 0 atom stereocenters. The topological polar surface area (TPSA) is 74.2 Å². The van der Waals surface area contributed by atoms with Crippen LogP contribution in [0, 0.1) is 0 Å². The summed E-state index contributed by atoms with van der Waals surface area (Å²) in [6, 6.07) is 0. The van der Waals surface area contributed by atoms with Gasteiger partial charge in [-0.25, -0.2) is 0 Å². The zero-order valence-corrected chi connectivity index (χ0v) is 10.3. The van der Waals surface area contributed by atoms with E-state index in [4.69, 9.17) is 15.0 Å². The second-order valence-electron chi connectivity index (χ2n) is 4.50. The Labute approximate surface area is 102 Å². The van der Waals surface area contributed by atoms with Crippen LogP contribution in [0.5, 0.6) is 0 Å². The lowest BCUT2D eigenvalue weighted by atomic mass is 10.1. The molecule has 0 aliphatic rings. The van der Waals surface area contributed by atoms with E-state index in [-0.39, 0.29) is 25.5 Å². The maximum atomic E-state index is 11.8. The summed E-state index contributed by atoms with van der Waals surface area (Å²) in [4.78, 5) is 3.98. The molecule has 0 fully saturated rings. The summed E-state index contributed by atoms with van der Waals surface area (Å²) in [5.74, 6) is 0.534. The van der Waals surface area contributed by atoms with E-state index in [2.05, 4.69) is 10.1 Å². The zero-order valence-electron chi connectivity index (χ0n) is 10.3. The molecule has 1 aromatic rings. The quantitative estimate of drug-likeness (QED) is 0.799. The van der Waals surface area contributed by atoms with Crippen molar-refractivity contribution in [2.75, 3.05) is 6.61 Å². The lowest BCUT2D eigenvalue weighted by molar-refractivity contribution is -0.138. The Kier molecular flexibility index (Phi) is 4.69. The van der Waals surface area contributed by atoms with Gasteiger partial charge in [0.1, 0.15) is 6.61 Å². The van der Waals surface area contributed by atoms with Crippen LogP contribution in [0.25, 0.3) is 0 Å². The first-order valence-electron chi connectivity index (χ1n) is 5.45. The third-order valence-corrected chi connectivity index (χ3v) is 2.02. The van der Waals surface area contributed by atoms with E-state index < -0.39 is 18.1 Å². The van der Waals surface area contributed by atoms with Crippen LogP contribution in [-0.2, 0) is 16.9 Å². The first kappa shape index (κ1) is 14.9. The predicted molar refractivity (Wildman–Crippen MR) is 56.5 cm³/mol. The fourth-order valence-electron chi connectivity index (χ4n) is 1.11. The van der Waals surface area contributed by atoms with Crippen molar-refractivity contribution in [3.63, 3.8) is 0 Å². The van der Waals surface area contributed by atoms with Crippen LogP contribution in [0.15, 0.2) is 4.52 Å². The van der Waals surface area contributed by atoms with Crippen LogP contribution in [0.3, 0.4) is 0 Å². The molecule has 8 heteroatoms. The number of aromatic nitrogens is 2. The van der Waals surface area contributed by atoms with Crippen molar-refractivity contribution in [2.24, 2.45) is 5.73 Å². The van der Waals surface area contributed by atoms with Crippen molar-refractivity contribution < 1.29 is 22.4 Å². The van der Waals surface area contributed by atoms with Crippen molar-refractivity contribution in [2.45, 2.75) is 45.0 Å². The van der Waals surface area contributed by atoms with Gasteiger partial charge in [-0.3, -0.25) is 0 Å². The number of halogens is 3. The summed E-state index contributed by atoms with van der Waals surface area (Å²) in [7, 11) is 0. The Balaban J connectivity index is 2.26. The average Bonchev–Trinajstić information content (AvgIpc) is 2.63. The van der Waals surface area contributed by atoms with Crippen molar-refractivity contribution in [3.05, 3.63) is 11.7 Å². The molecule has 0 aromatic carbocycles. The minimum absolute atomic E-state index is 0.0107. The molecule has 0 amide bonds. The Morgan fingerprint density at radius 3 is 2.50 bits per heavy atom. The van der Waals surface area contributed by atoms with Gasteiger partial charge in [0.05, 0.1) is 5.54 Å². The smallest absolute Gasteiger partial charge is 0.372 e. The number of nitrogens with zero attached hydrogens (tertiary/aromatic N) is 2. The number of rotatable bonds is 6. The number of hydrogen-bond acceptors (Lipinski definition) is 5. The van der Waals surface area contributed by atoms with E-state index in [0.29, 0.717) is 5.82 Å². The molecule has 0 spiro atoms. The van der Waals surface area contributed by atoms with Crippen LogP contribution >= 0.6 is 0 Å². The van der Waals surface area contributed by atoms with E-state index in [9.17, 15) is 13.2 Å². The highest BCUT2D eigenvalue weighted by Gasteiger charge is 2.26. The maximum absolute atomic E-state index is 11.8. The van der Waals surface area contributed by atoms with Gasteiger partial charge >= 0.3 is 6.18 Å². The highest BCUT2D eigenvalue weighted by Crippen LogP contribution is 2.21. The van der Waals surface area contributed by atoms with Crippen LogP contribution in [0.2, 0.25) is 0 Å². The first-order chi connectivity index (χ1) is 8.18. The Morgan fingerprint density at radius 2 is 2.00 bits per heavy atom. The SMILES string of the molecule is CC(C)(N)c1noc(COCCCC(F)(F)F)n1. The first-order valence-corrected chi connectivity index (χ1v) is 5.45. The van der Waals surface area contributed by atoms with Gasteiger partial charge in [-0.2, -0.15) is 18.2 Å². The fourth-order valence-corrected chi connectivity index (χ4v) is 1.11. The molecule has 0 saturated heterocycles. The minimum Gasteiger partial charge on any atom is -0.372 e. The molecule has 2 N–H and O–H groups in total. The molecule has 0 bridgehead atoms. The maximum Gasteiger partial charge on any atom is 0.389 e. The van der Waals surface area contributed by atoms with Crippen LogP contribution in [0.1, 0.15) is 38.4 Å². The summed E-state index contributed by atoms with van der Waals surface area (Å²) < 4.78 is 45.3. The Morgan fingerprint density at radius 1 is 1.33 bits per heavy atom. The Bertz CT molecular complexity index is 371. The average molecular weight is 267 g/mol. The molecule has 1 aromatic heterocycles. The predicted octanol–water partition coefficient (Wildman–Crippen LogP) is 2.12. The molecule has 0 aliphatic carbocycles. The van der Waals surface area contributed by atoms with Crippen molar-refractivity contribution in [1.29, 1.82) is 0 Å². The summed E-state index contributed by atoms with van der Waals surface area (Å²) >= 11 is 0. The third kappa shape index (κ3) is 5.46. The van der Waals surface area contributed by atoms with E-state index >= 15 is 0 Å². The van der Waals surface area contributed by atoms with Gasteiger partial charge < -0.3 is 15.0 Å². The molecular weight excluding hydrogens is 251 g/mol. The molecule has 0 radical (unpaired) electrons. The molecule has 104 valence electrons. The fraction of sp³-hybridized carbons (Fsp3) is 0.800. The molecule has 1 heterocycles. The summed E-state index contributed by atoms with van der Waals surface area (Å²) in [5, 5.41) is 3.65. The van der Waals surface area contributed by atoms with Crippen LogP contribution in [0.4, 0.5) is 13.2 Å². The molecule has 0 aliphatic heterocycles. The van der Waals surface area contributed by atoms with E-state index in [1.165, 1.54) is 0 Å². The van der Waals surface area contributed by atoms with Crippen molar-refractivity contribution in [3.8, 4) is 0 Å². The lowest BCUT2D eigenvalue weighted by Gasteiger charge is -2.11. The second kappa shape index (κ2) is 5.66. The molecule has 0 unspecified atom stereocenters. The van der Waals surface area contributed by atoms with E-state index in [0.717, 1.165) is 0 Å². The molecule has 18 heavy (non-hydrogen) atoms. The third-order valence-electron chi connectivity index (χ3n) is 2.02. The van der Waals surface area contributed by atoms with Crippen LogP contribution < -0.4 is 5.73 Å². The normalized spacial score (nSPS) is 13.0. The summed E-state index contributed by atoms with van der Waals surface area (Å²) in [6.07, 6.45) is -5.10. The number of nitrogens with two attached hydrogens (primary N) is 1. The monoisotopic (exact) mass is 267 g/mol. The Hall–Kier alpha value is -1.15. The molecule has 1 rings (SSSR count). The highest BCUT2D eigenvalue weighted by atomic mass is 19.4. The number of ether oxygens (including phenoxy) is 1. The van der Waals surface area contributed by atoms with Gasteiger partial charge in [0, 0.05) is 13.0 Å². The summed E-state index contributed by atoms with van der Waals surface area (Å²) in [6.45, 7) is 3.40. The highest BCUT2D eigenvalue weighted by molar-refractivity contribution is 4.98. The van der Waals surface area contributed by atoms with Gasteiger partial charge in [0.15, 0.2) is 5.82 Å². The zero-order chi connectivity index (χ0) is 13.8.